The van der Waals surface area contributed by atoms with Gasteiger partial charge in [-0.25, -0.2) is 0 Å². The van der Waals surface area contributed by atoms with Crippen molar-refractivity contribution in [3.8, 4) is 0 Å². The predicted octanol–water partition coefficient (Wildman–Crippen LogP) is 4.07. The second kappa shape index (κ2) is 3.15. The second-order valence-corrected chi connectivity index (χ2v) is 5.17. The number of hydrogen-bond acceptors (Lipinski definition) is 0. The van der Waals surface area contributed by atoms with Gasteiger partial charge in [0.25, 0.3) is 0 Å². The Hall–Kier alpha value is -0.260. The molecule has 3 aliphatic rings. The van der Waals surface area contributed by atoms with Crippen LogP contribution in [-0.4, -0.2) is 0 Å². The Morgan fingerprint density at radius 3 is 1.85 bits per heavy atom. The molecule has 3 rings (SSSR count). The third-order valence-electron chi connectivity index (χ3n) is 4.46. The molecule has 1 fully saturated rings. The topological polar surface area (TPSA) is 0 Å². The first-order chi connectivity index (χ1) is 6.45. The van der Waals surface area contributed by atoms with E-state index in [-0.39, 0.29) is 0 Å². The van der Waals surface area contributed by atoms with Crippen molar-refractivity contribution >= 4 is 0 Å². The summed E-state index contributed by atoms with van der Waals surface area (Å²) >= 11 is 0. The van der Waals surface area contributed by atoms with Crippen LogP contribution in [0.3, 0.4) is 0 Å². The van der Waals surface area contributed by atoms with E-state index in [0.29, 0.717) is 0 Å². The van der Waals surface area contributed by atoms with Crippen molar-refractivity contribution in [3.63, 3.8) is 0 Å². The van der Waals surface area contributed by atoms with Gasteiger partial charge in [0.2, 0.25) is 0 Å². The van der Waals surface area contributed by atoms with Crippen LogP contribution in [0.25, 0.3) is 0 Å². The zero-order valence-electron chi connectivity index (χ0n) is 8.52. The van der Waals surface area contributed by atoms with Crippen molar-refractivity contribution in [3.05, 3.63) is 11.1 Å². The fraction of sp³-hybridized carbons (Fsp3) is 0.846. The first-order valence-corrected chi connectivity index (χ1v) is 6.17. The molecule has 0 saturated heterocycles. The van der Waals surface area contributed by atoms with E-state index in [0.717, 1.165) is 11.8 Å². The normalized spacial score (nSPS) is 38.8. The molecule has 0 amide bonds. The molecule has 0 aromatic carbocycles. The van der Waals surface area contributed by atoms with Gasteiger partial charge in [-0.3, -0.25) is 0 Å². The summed E-state index contributed by atoms with van der Waals surface area (Å²) in [5.74, 6) is 2.09. The lowest BCUT2D eigenvalue weighted by atomic mass is 9.65. The molecule has 0 bridgehead atoms. The smallest absolute Gasteiger partial charge is 0.0198 e. The van der Waals surface area contributed by atoms with Gasteiger partial charge in [0.15, 0.2) is 0 Å². The van der Waals surface area contributed by atoms with E-state index in [2.05, 4.69) is 0 Å². The first-order valence-electron chi connectivity index (χ1n) is 6.17. The molecule has 0 heteroatoms. The molecule has 0 aliphatic heterocycles. The second-order valence-electron chi connectivity index (χ2n) is 5.17. The molecule has 0 radical (unpaired) electrons. The Labute approximate surface area is 81.4 Å². The van der Waals surface area contributed by atoms with E-state index < -0.39 is 0 Å². The molecule has 0 heterocycles. The Morgan fingerprint density at radius 1 is 0.692 bits per heavy atom. The summed E-state index contributed by atoms with van der Waals surface area (Å²) in [5, 5.41) is 0. The maximum Gasteiger partial charge on any atom is -0.0198 e. The summed E-state index contributed by atoms with van der Waals surface area (Å²) in [5.41, 5.74) is 3.89. The largest absolute Gasteiger partial charge is 0.0704 e. The molecule has 72 valence electrons. The lowest BCUT2D eigenvalue weighted by Gasteiger charge is -2.41. The zero-order chi connectivity index (χ0) is 8.67. The highest BCUT2D eigenvalue weighted by molar-refractivity contribution is 5.26. The van der Waals surface area contributed by atoms with Crippen LogP contribution in [0.1, 0.15) is 57.8 Å². The van der Waals surface area contributed by atoms with Gasteiger partial charge < -0.3 is 0 Å². The number of rotatable bonds is 0. The van der Waals surface area contributed by atoms with Gasteiger partial charge in [0.1, 0.15) is 0 Å². The molecule has 0 aromatic heterocycles. The van der Waals surface area contributed by atoms with Crippen molar-refractivity contribution in [2.75, 3.05) is 0 Å². The van der Waals surface area contributed by atoms with Crippen molar-refractivity contribution < 1.29 is 0 Å². The fourth-order valence-electron chi connectivity index (χ4n) is 3.97. The highest BCUT2D eigenvalue weighted by atomic mass is 14.4. The Kier molecular flexibility index (Phi) is 1.96. The molecule has 0 nitrogen and oxygen atoms in total. The third-order valence-corrected chi connectivity index (χ3v) is 4.46. The van der Waals surface area contributed by atoms with Gasteiger partial charge in [0.05, 0.1) is 0 Å². The van der Waals surface area contributed by atoms with Gasteiger partial charge in [-0.05, 0) is 63.2 Å². The monoisotopic (exact) mass is 176 g/mol. The van der Waals surface area contributed by atoms with Crippen LogP contribution >= 0.6 is 0 Å². The van der Waals surface area contributed by atoms with E-state index in [1.165, 1.54) is 57.8 Å². The van der Waals surface area contributed by atoms with Crippen molar-refractivity contribution in [2.24, 2.45) is 11.8 Å². The van der Waals surface area contributed by atoms with Crippen LogP contribution in [0.4, 0.5) is 0 Å². The lowest BCUT2D eigenvalue weighted by Crippen LogP contribution is -2.26. The van der Waals surface area contributed by atoms with Gasteiger partial charge in [0, 0.05) is 0 Å². The quantitative estimate of drug-likeness (QED) is 0.488. The summed E-state index contributed by atoms with van der Waals surface area (Å²) < 4.78 is 0. The van der Waals surface area contributed by atoms with Crippen molar-refractivity contribution in [2.45, 2.75) is 57.8 Å². The van der Waals surface area contributed by atoms with Gasteiger partial charge in [-0.15, -0.1) is 0 Å². The number of allylic oxidation sites excluding steroid dienone is 2. The van der Waals surface area contributed by atoms with Crippen molar-refractivity contribution in [1.29, 1.82) is 0 Å². The van der Waals surface area contributed by atoms with Crippen molar-refractivity contribution in [1.82, 2.24) is 0 Å². The summed E-state index contributed by atoms with van der Waals surface area (Å²) in [6, 6.07) is 0. The van der Waals surface area contributed by atoms with Crippen LogP contribution < -0.4 is 0 Å². The van der Waals surface area contributed by atoms with E-state index >= 15 is 0 Å². The van der Waals surface area contributed by atoms with Gasteiger partial charge >= 0.3 is 0 Å². The van der Waals surface area contributed by atoms with E-state index in [1.807, 2.05) is 11.1 Å². The number of hydrogen-bond donors (Lipinski definition) is 0. The molecule has 0 aromatic rings. The Morgan fingerprint density at radius 2 is 1.23 bits per heavy atom. The Balaban J connectivity index is 1.98. The minimum atomic E-state index is 1.04. The minimum Gasteiger partial charge on any atom is -0.0704 e. The molecule has 2 unspecified atom stereocenters. The minimum absolute atomic E-state index is 1.04. The summed E-state index contributed by atoms with van der Waals surface area (Å²) in [7, 11) is 0. The molecule has 3 aliphatic carbocycles. The van der Waals surface area contributed by atoms with Crippen LogP contribution in [0.5, 0.6) is 0 Å². The van der Waals surface area contributed by atoms with E-state index in [1.54, 1.807) is 0 Å². The molecular weight excluding hydrogens is 156 g/mol. The first kappa shape index (κ1) is 8.08. The highest BCUT2D eigenvalue weighted by Gasteiger charge is 2.33. The summed E-state index contributed by atoms with van der Waals surface area (Å²) in [4.78, 5) is 0. The molecule has 0 spiro atoms. The SMILES string of the molecule is C1CC2=C3C(C1)CCCC3CCC2. The summed E-state index contributed by atoms with van der Waals surface area (Å²) in [6.45, 7) is 0. The maximum atomic E-state index is 1.98. The van der Waals surface area contributed by atoms with Crippen LogP contribution in [0, 0.1) is 11.8 Å². The van der Waals surface area contributed by atoms with Gasteiger partial charge in [-0.1, -0.05) is 17.6 Å². The highest BCUT2D eigenvalue weighted by Crippen LogP contribution is 2.48. The maximum absolute atomic E-state index is 1.98. The Bertz CT molecular complexity index is 214. The average molecular weight is 176 g/mol. The predicted molar refractivity (Wildman–Crippen MR) is 55.6 cm³/mol. The molecule has 2 atom stereocenters. The fourth-order valence-corrected chi connectivity index (χ4v) is 3.97. The zero-order valence-corrected chi connectivity index (χ0v) is 8.52. The molecular formula is C13H20. The molecule has 13 heavy (non-hydrogen) atoms. The summed E-state index contributed by atoms with van der Waals surface area (Å²) in [6.07, 6.45) is 13.5. The van der Waals surface area contributed by atoms with Crippen LogP contribution in [-0.2, 0) is 0 Å². The van der Waals surface area contributed by atoms with E-state index in [4.69, 9.17) is 0 Å². The standard InChI is InChI=1S/C13H20/c1-4-10-6-2-8-12-9-3-7-11(5-1)13(10)12/h10-11H,1-9H2. The van der Waals surface area contributed by atoms with Crippen LogP contribution in [0.15, 0.2) is 11.1 Å². The van der Waals surface area contributed by atoms with E-state index in [9.17, 15) is 0 Å². The molecule has 0 N–H and O–H groups in total. The third kappa shape index (κ3) is 1.26. The molecule has 1 saturated carbocycles. The lowest BCUT2D eigenvalue weighted by molar-refractivity contribution is 0.291. The average Bonchev–Trinajstić information content (AvgIpc) is 2.19. The van der Waals surface area contributed by atoms with Gasteiger partial charge in [-0.2, -0.15) is 0 Å². The van der Waals surface area contributed by atoms with Crippen LogP contribution in [0.2, 0.25) is 0 Å².